The molecule has 1 saturated heterocycles. The fourth-order valence-electron chi connectivity index (χ4n) is 2.60. The molecule has 1 aromatic heterocycles. The Morgan fingerprint density at radius 1 is 1.08 bits per heavy atom. The molecule has 9 heteroatoms. The molecule has 3 rings (SSSR count). The van der Waals surface area contributed by atoms with Gasteiger partial charge in [0, 0.05) is 32.1 Å². The first kappa shape index (κ1) is 17.7. The molecular weight excluding hydrogens is 344 g/mol. The van der Waals surface area contributed by atoms with Crippen LogP contribution in [0.1, 0.15) is 25.7 Å². The zero-order chi connectivity index (χ0) is 18.0. The summed E-state index contributed by atoms with van der Waals surface area (Å²) < 4.78 is 37.7. The predicted molar refractivity (Wildman–Crippen MR) is 92.4 cm³/mol. The topological polar surface area (TPSA) is 88.8 Å². The van der Waals surface area contributed by atoms with E-state index in [-0.39, 0.29) is 10.8 Å². The van der Waals surface area contributed by atoms with E-state index >= 15 is 0 Å². The summed E-state index contributed by atoms with van der Waals surface area (Å²) >= 11 is 0. The van der Waals surface area contributed by atoms with E-state index in [4.69, 9.17) is 9.15 Å². The van der Waals surface area contributed by atoms with Gasteiger partial charge in [-0.2, -0.15) is 4.31 Å². The number of aromatic nitrogens is 2. The molecule has 1 aliphatic rings. The maximum atomic E-state index is 12.7. The summed E-state index contributed by atoms with van der Waals surface area (Å²) in [5.41, 5.74) is 0. The zero-order valence-electron chi connectivity index (χ0n) is 14.5. The van der Waals surface area contributed by atoms with Gasteiger partial charge < -0.3 is 14.1 Å². The van der Waals surface area contributed by atoms with Gasteiger partial charge in [0.15, 0.2) is 0 Å². The van der Waals surface area contributed by atoms with Gasteiger partial charge in [0.2, 0.25) is 15.9 Å². The fourth-order valence-corrected chi connectivity index (χ4v) is 4.03. The molecule has 1 aliphatic heterocycles. The van der Waals surface area contributed by atoms with E-state index in [1.54, 1.807) is 31.4 Å². The van der Waals surface area contributed by atoms with Crippen LogP contribution in [0.25, 0.3) is 0 Å². The Balaban J connectivity index is 1.68. The molecule has 8 nitrogen and oxygen atoms in total. The molecule has 0 amide bonds. The maximum Gasteiger partial charge on any atom is 0.318 e. The number of hydrogen-bond donors (Lipinski definition) is 0. The van der Waals surface area contributed by atoms with Gasteiger partial charge in [-0.3, -0.25) is 0 Å². The van der Waals surface area contributed by atoms with E-state index in [0.29, 0.717) is 43.8 Å². The summed E-state index contributed by atoms with van der Waals surface area (Å²) in [7, 11) is -1.97. The van der Waals surface area contributed by atoms with Crippen LogP contribution in [-0.4, -0.2) is 56.2 Å². The lowest BCUT2D eigenvalue weighted by molar-refractivity contribution is 0.367. The van der Waals surface area contributed by atoms with Gasteiger partial charge in [-0.1, -0.05) is 18.9 Å². The Morgan fingerprint density at radius 3 is 2.24 bits per heavy atom. The predicted octanol–water partition coefficient (Wildman–Crippen LogP) is 1.71. The minimum atomic E-state index is -3.52. The standard InChI is InChI=1S/C16H22N4O4S/c1-12(2)15-17-18-16(24-15)19-8-10-20(11-9-19)25(21,22)14-6-4-13(23-3)5-7-14/h4-7,12H,8-11H2,1-3H3. The van der Waals surface area contributed by atoms with Crippen LogP contribution in [0.2, 0.25) is 0 Å². The molecule has 0 aliphatic carbocycles. The molecule has 0 N–H and O–H groups in total. The highest BCUT2D eigenvalue weighted by atomic mass is 32.2. The number of sulfonamides is 1. The van der Waals surface area contributed by atoms with Crippen molar-refractivity contribution in [3.8, 4) is 5.75 Å². The van der Waals surface area contributed by atoms with Crippen LogP contribution < -0.4 is 9.64 Å². The van der Waals surface area contributed by atoms with Gasteiger partial charge in [-0.25, -0.2) is 8.42 Å². The van der Waals surface area contributed by atoms with Crippen molar-refractivity contribution in [1.29, 1.82) is 0 Å². The van der Waals surface area contributed by atoms with Gasteiger partial charge in [0.25, 0.3) is 0 Å². The summed E-state index contributed by atoms with van der Waals surface area (Å²) in [6, 6.07) is 6.87. The van der Waals surface area contributed by atoms with Crippen LogP contribution >= 0.6 is 0 Å². The number of anilines is 1. The van der Waals surface area contributed by atoms with Gasteiger partial charge >= 0.3 is 6.01 Å². The molecule has 1 aromatic carbocycles. The Labute approximate surface area is 147 Å². The molecule has 0 saturated carbocycles. The SMILES string of the molecule is COc1ccc(S(=O)(=O)N2CCN(c3nnc(C(C)C)o3)CC2)cc1. The van der Waals surface area contributed by atoms with Crippen LogP contribution in [0, 0.1) is 0 Å². The highest BCUT2D eigenvalue weighted by molar-refractivity contribution is 7.89. The number of methoxy groups -OCH3 is 1. The summed E-state index contributed by atoms with van der Waals surface area (Å²) in [6.07, 6.45) is 0. The van der Waals surface area contributed by atoms with Crippen molar-refractivity contribution in [2.24, 2.45) is 0 Å². The lowest BCUT2D eigenvalue weighted by Gasteiger charge is -2.32. The Morgan fingerprint density at radius 2 is 1.72 bits per heavy atom. The molecule has 0 radical (unpaired) electrons. The van der Waals surface area contributed by atoms with Crippen molar-refractivity contribution < 1.29 is 17.6 Å². The molecular formula is C16H22N4O4S. The minimum absolute atomic E-state index is 0.165. The third-order valence-corrected chi connectivity index (χ3v) is 6.04. The normalized spacial score (nSPS) is 16.4. The van der Waals surface area contributed by atoms with E-state index < -0.39 is 10.0 Å². The first-order chi connectivity index (χ1) is 11.9. The van der Waals surface area contributed by atoms with Crippen LogP contribution in [0.3, 0.4) is 0 Å². The molecule has 0 spiro atoms. The molecule has 25 heavy (non-hydrogen) atoms. The quantitative estimate of drug-likeness (QED) is 0.796. The fraction of sp³-hybridized carbons (Fsp3) is 0.500. The number of nitrogens with zero attached hydrogens (tertiary/aromatic N) is 4. The molecule has 0 bridgehead atoms. The van der Waals surface area contributed by atoms with Crippen molar-refractivity contribution >= 4 is 16.0 Å². The second-order valence-corrected chi connectivity index (χ2v) is 8.08. The van der Waals surface area contributed by atoms with E-state index in [2.05, 4.69) is 10.2 Å². The molecule has 136 valence electrons. The average Bonchev–Trinajstić information content (AvgIpc) is 3.12. The largest absolute Gasteiger partial charge is 0.497 e. The Hall–Kier alpha value is -2.13. The lowest BCUT2D eigenvalue weighted by Crippen LogP contribution is -2.48. The second-order valence-electron chi connectivity index (χ2n) is 6.14. The van der Waals surface area contributed by atoms with Crippen molar-refractivity contribution in [2.75, 3.05) is 38.2 Å². The van der Waals surface area contributed by atoms with E-state index in [9.17, 15) is 8.42 Å². The second kappa shape index (κ2) is 7.01. The lowest BCUT2D eigenvalue weighted by atomic mass is 10.2. The number of benzene rings is 1. The third kappa shape index (κ3) is 3.62. The minimum Gasteiger partial charge on any atom is -0.497 e. The van der Waals surface area contributed by atoms with Gasteiger partial charge in [-0.15, -0.1) is 5.10 Å². The highest BCUT2D eigenvalue weighted by Crippen LogP contribution is 2.23. The Bertz CT molecular complexity index is 809. The number of hydrogen-bond acceptors (Lipinski definition) is 7. The number of ether oxygens (including phenoxy) is 1. The van der Waals surface area contributed by atoms with Crippen molar-refractivity contribution in [3.05, 3.63) is 30.2 Å². The van der Waals surface area contributed by atoms with Crippen molar-refractivity contribution in [2.45, 2.75) is 24.7 Å². The zero-order valence-corrected chi connectivity index (χ0v) is 15.4. The summed E-state index contributed by atoms with van der Waals surface area (Å²) in [5, 5.41) is 8.07. The summed E-state index contributed by atoms with van der Waals surface area (Å²) in [4.78, 5) is 2.18. The average molecular weight is 366 g/mol. The third-order valence-electron chi connectivity index (χ3n) is 4.13. The van der Waals surface area contributed by atoms with Crippen molar-refractivity contribution in [1.82, 2.24) is 14.5 Å². The van der Waals surface area contributed by atoms with Gasteiger partial charge in [0.1, 0.15) is 5.75 Å². The maximum absolute atomic E-state index is 12.7. The smallest absolute Gasteiger partial charge is 0.318 e. The molecule has 1 fully saturated rings. The Kier molecular flexibility index (Phi) is 4.96. The number of rotatable bonds is 5. The number of piperazine rings is 1. The molecule has 2 heterocycles. The summed E-state index contributed by atoms with van der Waals surface area (Å²) in [5.74, 6) is 1.38. The highest BCUT2D eigenvalue weighted by Gasteiger charge is 2.30. The van der Waals surface area contributed by atoms with E-state index in [1.807, 2.05) is 18.7 Å². The molecule has 2 aromatic rings. The molecule has 0 unspecified atom stereocenters. The van der Waals surface area contributed by atoms with Crippen LogP contribution in [-0.2, 0) is 10.0 Å². The van der Waals surface area contributed by atoms with E-state index in [1.165, 1.54) is 4.31 Å². The molecule has 0 atom stereocenters. The van der Waals surface area contributed by atoms with E-state index in [0.717, 1.165) is 0 Å². The van der Waals surface area contributed by atoms with Crippen LogP contribution in [0.5, 0.6) is 5.75 Å². The first-order valence-corrected chi connectivity index (χ1v) is 9.58. The summed E-state index contributed by atoms with van der Waals surface area (Å²) in [6.45, 7) is 5.72. The van der Waals surface area contributed by atoms with Crippen LogP contribution in [0.4, 0.5) is 6.01 Å². The van der Waals surface area contributed by atoms with Crippen LogP contribution in [0.15, 0.2) is 33.6 Å². The first-order valence-electron chi connectivity index (χ1n) is 8.14. The van der Waals surface area contributed by atoms with Gasteiger partial charge in [-0.05, 0) is 24.3 Å². The monoisotopic (exact) mass is 366 g/mol. The van der Waals surface area contributed by atoms with Gasteiger partial charge in [0.05, 0.1) is 12.0 Å². The van der Waals surface area contributed by atoms with Crippen molar-refractivity contribution in [3.63, 3.8) is 0 Å².